The van der Waals surface area contributed by atoms with Crippen LogP contribution < -0.4 is 15.5 Å². The molecule has 2 aliphatic heterocycles. The van der Waals surface area contributed by atoms with Crippen molar-refractivity contribution >= 4 is 39.7 Å². The summed E-state index contributed by atoms with van der Waals surface area (Å²) in [5.41, 5.74) is 4.01. The van der Waals surface area contributed by atoms with Gasteiger partial charge in [-0.15, -0.1) is 16.4 Å². The van der Waals surface area contributed by atoms with Crippen LogP contribution in [0.15, 0.2) is 75.5 Å². The number of benzene rings is 2. The number of fused-ring (bicyclic) bond motifs is 1. The second kappa shape index (κ2) is 9.32. The van der Waals surface area contributed by atoms with Gasteiger partial charge in [0.25, 0.3) is 11.8 Å². The van der Waals surface area contributed by atoms with Gasteiger partial charge in [0.1, 0.15) is 5.00 Å². The summed E-state index contributed by atoms with van der Waals surface area (Å²) in [6, 6.07) is 19.5. The standard InChI is InChI=1S/C25H22N6O3S/c32-22-21(27-20(16-6-2-1-3-7-16)17-8-4-5-9-19(17)26-22)28-25-30-29-23(34-25)18-10-15-35-24(18)31-11-13-33-14-12-31/h1-10,15,21H,11-14H2,(H,26,32)(H,28,30)/t21-/m1/s1. The molecule has 0 spiro atoms. The van der Waals surface area contributed by atoms with Crippen molar-refractivity contribution in [2.75, 3.05) is 41.8 Å². The van der Waals surface area contributed by atoms with Gasteiger partial charge in [-0.3, -0.25) is 4.79 Å². The zero-order valence-electron chi connectivity index (χ0n) is 18.7. The van der Waals surface area contributed by atoms with E-state index in [1.807, 2.05) is 66.0 Å². The van der Waals surface area contributed by atoms with E-state index < -0.39 is 6.17 Å². The van der Waals surface area contributed by atoms with Crippen LogP contribution in [0.4, 0.5) is 16.7 Å². The van der Waals surface area contributed by atoms with Crippen molar-refractivity contribution in [3.05, 3.63) is 77.2 Å². The number of anilines is 3. The number of nitrogens with one attached hydrogen (secondary N) is 2. The van der Waals surface area contributed by atoms with Crippen LogP contribution in [0.5, 0.6) is 0 Å². The molecule has 0 aliphatic carbocycles. The highest BCUT2D eigenvalue weighted by molar-refractivity contribution is 7.14. The van der Waals surface area contributed by atoms with Gasteiger partial charge < -0.3 is 24.7 Å². The quantitative estimate of drug-likeness (QED) is 0.441. The smallest absolute Gasteiger partial charge is 0.317 e. The molecular weight excluding hydrogens is 464 g/mol. The van der Waals surface area contributed by atoms with Crippen LogP contribution in [0.1, 0.15) is 11.1 Å². The van der Waals surface area contributed by atoms with Gasteiger partial charge in [-0.1, -0.05) is 53.6 Å². The molecule has 4 heterocycles. The number of nitrogens with zero attached hydrogens (tertiary/aromatic N) is 4. The Morgan fingerprint density at radius 2 is 1.77 bits per heavy atom. The van der Waals surface area contributed by atoms with Gasteiger partial charge in [0, 0.05) is 24.2 Å². The van der Waals surface area contributed by atoms with Gasteiger partial charge in [-0.05, 0) is 17.5 Å². The summed E-state index contributed by atoms with van der Waals surface area (Å²) in [5.74, 6) is 0.0764. The van der Waals surface area contributed by atoms with E-state index in [1.165, 1.54) is 0 Å². The number of aromatic nitrogens is 2. The third kappa shape index (κ3) is 4.29. The number of ether oxygens (including phenoxy) is 1. The zero-order chi connectivity index (χ0) is 23.6. The molecule has 2 aliphatic rings. The fourth-order valence-electron chi connectivity index (χ4n) is 4.16. The molecule has 0 unspecified atom stereocenters. The number of amides is 1. The first kappa shape index (κ1) is 21.5. The maximum absolute atomic E-state index is 13.1. The van der Waals surface area contributed by atoms with Crippen LogP contribution in [0.2, 0.25) is 0 Å². The lowest BCUT2D eigenvalue weighted by molar-refractivity contribution is -0.116. The molecule has 2 aromatic heterocycles. The highest BCUT2D eigenvalue weighted by Crippen LogP contribution is 2.36. The molecule has 6 rings (SSSR count). The second-order valence-corrected chi connectivity index (χ2v) is 8.97. The van der Waals surface area contributed by atoms with Crippen molar-refractivity contribution in [3.8, 4) is 11.5 Å². The number of hydrogen-bond donors (Lipinski definition) is 2. The molecule has 1 atom stereocenters. The van der Waals surface area contributed by atoms with Crippen molar-refractivity contribution < 1.29 is 13.9 Å². The lowest BCUT2D eigenvalue weighted by Crippen LogP contribution is -2.35. The first-order valence-electron chi connectivity index (χ1n) is 11.3. The van der Waals surface area contributed by atoms with Gasteiger partial charge in [0.15, 0.2) is 0 Å². The largest absolute Gasteiger partial charge is 0.403 e. The monoisotopic (exact) mass is 486 g/mol. The molecule has 0 radical (unpaired) electrons. The fraction of sp³-hybridized carbons (Fsp3) is 0.200. The number of carbonyl (C=O) groups is 1. The summed E-state index contributed by atoms with van der Waals surface area (Å²) in [6.45, 7) is 3.00. The fourth-order valence-corrected chi connectivity index (χ4v) is 5.11. The summed E-state index contributed by atoms with van der Waals surface area (Å²) in [7, 11) is 0. The summed E-state index contributed by atoms with van der Waals surface area (Å²) in [6.07, 6.45) is -0.952. The van der Waals surface area contributed by atoms with Crippen LogP contribution >= 0.6 is 11.3 Å². The Balaban J connectivity index is 1.30. The van der Waals surface area contributed by atoms with Crippen LogP contribution in [0.25, 0.3) is 11.5 Å². The van der Waals surface area contributed by atoms with E-state index in [4.69, 9.17) is 14.1 Å². The predicted molar refractivity (Wildman–Crippen MR) is 135 cm³/mol. The molecule has 9 nitrogen and oxygen atoms in total. The van der Waals surface area contributed by atoms with Gasteiger partial charge in [0.05, 0.1) is 30.2 Å². The van der Waals surface area contributed by atoms with E-state index in [9.17, 15) is 4.79 Å². The Labute approximate surface area is 205 Å². The second-order valence-electron chi connectivity index (χ2n) is 8.08. The SMILES string of the molecule is O=C1Nc2ccccc2C(c2ccccc2)=N[C@@H]1Nc1nnc(-c2ccsc2N2CCOCC2)o1. The lowest BCUT2D eigenvalue weighted by Gasteiger charge is -2.28. The lowest BCUT2D eigenvalue weighted by atomic mass is 10.0. The number of para-hydroxylation sites is 1. The maximum Gasteiger partial charge on any atom is 0.317 e. The third-order valence-corrected chi connectivity index (χ3v) is 6.83. The Hall–Kier alpha value is -4.02. The summed E-state index contributed by atoms with van der Waals surface area (Å²) in [5, 5.41) is 17.4. The van der Waals surface area contributed by atoms with E-state index in [2.05, 4.69) is 25.7 Å². The first-order valence-corrected chi connectivity index (χ1v) is 12.2. The Morgan fingerprint density at radius 1 is 0.971 bits per heavy atom. The molecule has 0 bridgehead atoms. The van der Waals surface area contributed by atoms with E-state index in [0.717, 1.165) is 34.8 Å². The first-order chi connectivity index (χ1) is 17.3. The molecule has 0 saturated carbocycles. The number of rotatable bonds is 5. The predicted octanol–water partition coefficient (Wildman–Crippen LogP) is 3.86. The van der Waals surface area contributed by atoms with Crippen LogP contribution in [-0.2, 0) is 9.53 Å². The average molecular weight is 487 g/mol. The molecule has 176 valence electrons. The number of benzodiazepines with no additional fused rings is 1. The molecule has 4 aromatic rings. The van der Waals surface area contributed by atoms with Crippen molar-refractivity contribution in [2.24, 2.45) is 4.99 Å². The number of thiophene rings is 1. The Morgan fingerprint density at radius 3 is 2.63 bits per heavy atom. The number of aliphatic imine (C=N–C) groups is 1. The molecular formula is C25H22N6O3S. The molecule has 2 N–H and O–H groups in total. The number of carbonyl (C=O) groups excluding carboxylic acids is 1. The molecule has 1 amide bonds. The number of morpholine rings is 1. The van der Waals surface area contributed by atoms with Crippen molar-refractivity contribution in [1.82, 2.24) is 10.2 Å². The van der Waals surface area contributed by atoms with Crippen molar-refractivity contribution in [2.45, 2.75) is 6.17 Å². The third-order valence-electron chi connectivity index (χ3n) is 5.85. The van der Waals surface area contributed by atoms with Crippen molar-refractivity contribution in [3.63, 3.8) is 0 Å². The zero-order valence-corrected chi connectivity index (χ0v) is 19.5. The summed E-state index contributed by atoms with van der Waals surface area (Å²) < 4.78 is 11.4. The van der Waals surface area contributed by atoms with Crippen LogP contribution in [0, 0.1) is 0 Å². The molecule has 2 aromatic carbocycles. The summed E-state index contributed by atoms with van der Waals surface area (Å²) >= 11 is 1.63. The van der Waals surface area contributed by atoms with E-state index in [0.29, 0.717) is 30.5 Å². The van der Waals surface area contributed by atoms with E-state index in [1.54, 1.807) is 11.3 Å². The minimum absolute atomic E-state index is 0.126. The normalized spacial score (nSPS) is 17.8. The van der Waals surface area contributed by atoms with Crippen LogP contribution in [0.3, 0.4) is 0 Å². The highest BCUT2D eigenvalue weighted by atomic mass is 32.1. The van der Waals surface area contributed by atoms with Crippen LogP contribution in [-0.4, -0.2) is 54.3 Å². The average Bonchev–Trinajstić information content (AvgIpc) is 3.55. The van der Waals surface area contributed by atoms with Crippen molar-refractivity contribution in [1.29, 1.82) is 0 Å². The van der Waals surface area contributed by atoms with Gasteiger partial charge >= 0.3 is 6.01 Å². The topological polar surface area (TPSA) is 105 Å². The maximum atomic E-state index is 13.1. The van der Waals surface area contributed by atoms with Gasteiger partial charge in [-0.25, -0.2) is 4.99 Å². The summed E-state index contributed by atoms with van der Waals surface area (Å²) in [4.78, 5) is 20.1. The van der Waals surface area contributed by atoms with Gasteiger partial charge in [0.2, 0.25) is 6.17 Å². The Bertz CT molecular complexity index is 1380. The Kier molecular flexibility index (Phi) is 5.73. The number of hydrogen-bond acceptors (Lipinski definition) is 9. The molecule has 1 fully saturated rings. The van der Waals surface area contributed by atoms with Gasteiger partial charge in [-0.2, -0.15) is 0 Å². The minimum Gasteiger partial charge on any atom is -0.403 e. The highest BCUT2D eigenvalue weighted by Gasteiger charge is 2.28. The molecule has 35 heavy (non-hydrogen) atoms. The minimum atomic E-state index is -0.952. The van der Waals surface area contributed by atoms with E-state index in [-0.39, 0.29) is 11.9 Å². The molecule has 10 heteroatoms. The van der Waals surface area contributed by atoms with E-state index >= 15 is 0 Å². The molecule has 1 saturated heterocycles.